The van der Waals surface area contributed by atoms with Gasteiger partial charge in [-0.25, -0.2) is 0 Å². The molecule has 1 atom stereocenters. The third-order valence-corrected chi connectivity index (χ3v) is 7.92. The van der Waals surface area contributed by atoms with E-state index in [1.165, 1.54) is 11.1 Å². The molecule has 0 radical (unpaired) electrons. The fourth-order valence-corrected chi connectivity index (χ4v) is 5.24. The number of anilines is 1. The first-order chi connectivity index (χ1) is 20.7. The second-order valence-corrected chi connectivity index (χ2v) is 11.9. The fourth-order valence-electron chi connectivity index (χ4n) is 5.24. The maximum Gasteiger partial charge on any atom is 0.223 e. The predicted molar refractivity (Wildman–Crippen MR) is 171 cm³/mol. The van der Waals surface area contributed by atoms with Gasteiger partial charge in [0.2, 0.25) is 11.7 Å². The van der Waals surface area contributed by atoms with Gasteiger partial charge in [-0.2, -0.15) is 0 Å². The highest BCUT2D eigenvalue weighted by Gasteiger charge is 2.28. The van der Waals surface area contributed by atoms with Gasteiger partial charge in [-0.05, 0) is 66.8 Å². The summed E-state index contributed by atoms with van der Waals surface area (Å²) in [5.74, 6) is 0.221. The number of ether oxygens (including phenoxy) is 3. The zero-order valence-corrected chi connectivity index (χ0v) is 26.3. The minimum Gasteiger partial charge on any atom is -0.463 e. The molecule has 1 aliphatic heterocycles. The minimum absolute atomic E-state index is 0.0267. The Morgan fingerprint density at radius 3 is 2.44 bits per heavy atom. The summed E-state index contributed by atoms with van der Waals surface area (Å²) >= 11 is 0. The molecule has 1 N–H and O–H groups in total. The van der Waals surface area contributed by atoms with Gasteiger partial charge in [-0.3, -0.25) is 9.69 Å². The molecule has 0 bridgehead atoms. The van der Waals surface area contributed by atoms with Crippen LogP contribution in [0.5, 0.6) is 5.75 Å². The van der Waals surface area contributed by atoms with Gasteiger partial charge in [-0.1, -0.05) is 61.4 Å². The number of amides is 1. The van der Waals surface area contributed by atoms with Crippen LogP contribution in [-0.4, -0.2) is 55.1 Å². The average molecular weight is 589 g/mol. The number of nitrogens with zero attached hydrogens (tertiary/aromatic N) is 2. The maximum absolute atomic E-state index is 11.5. The molecule has 7 heteroatoms. The lowest BCUT2D eigenvalue weighted by atomic mass is 10.0. The van der Waals surface area contributed by atoms with Crippen molar-refractivity contribution in [2.75, 3.05) is 38.3 Å². The lowest BCUT2D eigenvalue weighted by Crippen LogP contribution is -2.35. The second-order valence-electron chi connectivity index (χ2n) is 11.9. The molecular weight excluding hydrogens is 540 g/mol. The van der Waals surface area contributed by atoms with E-state index in [4.69, 9.17) is 14.2 Å². The Hall–Kier alpha value is -3.23. The molecule has 4 rings (SSSR count). The highest BCUT2D eigenvalue weighted by molar-refractivity contribution is 5.90. The van der Waals surface area contributed by atoms with Crippen molar-refractivity contribution in [3.63, 3.8) is 0 Å². The number of fused-ring (bicyclic) bond motifs is 1. The maximum atomic E-state index is 11.5. The SMILES string of the molecule is CC(=O)N(C)c1ccc(CCOCCCCCCN(Cc2ccccc2)CC(O)c2ccc3c(c2)COC(C)(C)O3)cc1. The molecule has 43 heavy (non-hydrogen) atoms. The third kappa shape index (κ3) is 10.5. The van der Waals surface area contributed by atoms with Gasteiger partial charge in [0.05, 0.1) is 19.3 Å². The van der Waals surface area contributed by atoms with Crippen LogP contribution in [0.25, 0.3) is 0 Å². The van der Waals surface area contributed by atoms with Gasteiger partial charge in [-0.15, -0.1) is 0 Å². The van der Waals surface area contributed by atoms with Crippen molar-refractivity contribution < 1.29 is 24.1 Å². The number of carbonyl (C=O) groups is 1. The predicted octanol–water partition coefficient (Wildman–Crippen LogP) is 6.67. The summed E-state index contributed by atoms with van der Waals surface area (Å²) in [5.41, 5.74) is 5.23. The molecule has 0 saturated heterocycles. The first-order valence-corrected chi connectivity index (χ1v) is 15.5. The van der Waals surface area contributed by atoms with Crippen molar-refractivity contribution >= 4 is 11.6 Å². The molecule has 0 saturated carbocycles. The van der Waals surface area contributed by atoms with Crippen molar-refractivity contribution in [2.24, 2.45) is 0 Å². The number of hydrogen-bond donors (Lipinski definition) is 1. The van der Waals surface area contributed by atoms with Crippen LogP contribution in [-0.2, 0) is 33.8 Å². The summed E-state index contributed by atoms with van der Waals surface area (Å²) in [5, 5.41) is 11.2. The van der Waals surface area contributed by atoms with E-state index in [0.717, 1.165) is 74.4 Å². The van der Waals surface area contributed by atoms with E-state index >= 15 is 0 Å². The van der Waals surface area contributed by atoms with E-state index in [9.17, 15) is 9.90 Å². The average Bonchev–Trinajstić information content (AvgIpc) is 2.99. The van der Waals surface area contributed by atoms with Gasteiger partial charge >= 0.3 is 0 Å². The second kappa shape index (κ2) is 16.0. The Bertz CT molecular complexity index is 1280. The van der Waals surface area contributed by atoms with E-state index in [2.05, 4.69) is 41.3 Å². The van der Waals surface area contributed by atoms with Crippen LogP contribution in [0.1, 0.15) is 74.8 Å². The van der Waals surface area contributed by atoms with Crippen molar-refractivity contribution in [3.8, 4) is 5.75 Å². The van der Waals surface area contributed by atoms with Crippen molar-refractivity contribution in [2.45, 2.75) is 77.9 Å². The van der Waals surface area contributed by atoms with Gasteiger partial charge < -0.3 is 24.2 Å². The number of benzene rings is 3. The lowest BCUT2D eigenvalue weighted by molar-refractivity contribution is -0.180. The molecule has 0 fully saturated rings. The molecule has 0 spiro atoms. The Kier molecular flexibility index (Phi) is 12.2. The minimum atomic E-state index is -0.630. The molecule has 3 aromatic carbocycles. The molecule has 1 aliphatic rings. The van der Waals surface area contributed by atoms with E-state index in [-0.39, 0.29) is 5.91 Å². The number of rotatable bonds is 16. The molecule has 0 aliphatic carbocycles. The number of aliphatic hydroxyl groups excluding tert-OH is 1. The summed E-state index contributed by atoms with van der Waals surface area (Å²) in [6, 6.07) is 24.5. The highest BCUT2D eigenvalue weighted by Crippen LogP contribution is 2.33. The van der Waals surface area contributed by atoms with Crippen LogP contribution in [0.2, 0.25) is 0 Å². The molecule has 232 valence electrons. The Balaban J connectivity index is 1.17. The summed E-state index contributed by atoms with van der Waals surface area (Å²) < 4.78 is 17.6. The molecule has 0 aromatic heterocycles. The Morgan fingerprint density at radius 2 is 1.70 bits per heavy atom. The largest absolute Gasteiger partial charge is 0.463 e. The Morgan fingerprint density at radius 1 is 0.953 bits per heavy atom. The normalized spacial score (nSPS) is 14.7. The van der Waals surface area contributed by atoms with E-state index in [0.29, 0.717) is 19.8 Å². The molecule has 3 aromatic rings. The van der Waals surface area contributed by atoms with Crippen molar-refractivity contribution in [1.82, 2.24) is 4.90 Å². The van der Waals surface area contributed by atoms with Gasteiger partial charge in [0.25, 0.3) is 0 Å². The Labute approximate surface area is 257 Å². The highest BCUT2D eigenvalue weighted by atomic mass is 16.7. The molecule has 1 heterocycles. The molecular formula is C36H48N2O5. The van der Waals surface area contributed by atoms with Crippen LogP contribution in [0.3, 0.4) is 0 Å². The summed E-state index contributed by atoms with van der Waals surface area (Å²) in [6.07, 6.45) is 4.63. The number of unbranched alkanes of at least 4 members (excludes halogenated alkanes) is 3. The summed E-state index contributed by atoms with van der Waals surface area (Å²) in [7, 11) is 1.79. The van der Waals surface area contributed by atoms with E-state index < -0.39 is 11.9 Å². The van der Waals surface area contributed by atoms with Crippen LogP contribution in [0, 0.1) is 0 Å². The third-order valence-electron chi connectivity index (χ3n) is 7.92. The monoisotopic (exact) mass is 588 g/mol. The summed E-state index contributed by atoms with van der Waals surface area (Å²) in [4.78, 5) is 15.5. The topological polar surface area (TPSA) is 71.5 Å². The van der Waals surface area contributed by atoms with Crippen LogP contribution in [0.4, 0.5) is 5.69 Å². The number of aliphatic hydroxyl groups is 1. The zero-order chi connectivity index (χ0) is 30.7. The van der Waals surface area contributed by atoms with Crippen LogP contribution >= 0.6 is 0 Å². The number of carbonyl (C=O) groups excluding carboxylic acids is 1. The van der Waals surface area contributed by atoms with Gasteiger partial charge in [0.15, 0.2) is 0 Å². The van der Waals surface area contributed by atoms with Crippen LogP contribution < -0.4 is 9.64 Å². The zero-order valence-electron chi connectivity index (χ0n) is 26.3. The smallest absolute Gasteiger partial charge is 0.223 e. The standard InChI is InChI=1S/C36H48N2O5/c1-28(39)37(4)33-17-14-29(15-18-33)20-23-41-22-11-6-5-10-21-38(25-30-12-8-7-9-13-30)26-34(40)31-16-19-35-32(24-31)27-42-36(2,3)43-35/h7-9,12-19,24,34,40H,5-6,10-11,20-23,25-27H2,1-4H3. The molecule has 1 amide bonds. The van der Waals surface area contributed by atoms with Crippen molar-refractivity contribution in [3.05, 3.63) is 95.1 Å². The molecule has 7 nitrogen and oxygen atoms in total. The first kappa shape index (κ1) is 32.7. The number of hydrogen-bond acceptors (Lipinski definition) is 6. The first-order valence-electron chi connectivity index (χ1n) is 15.5. The quantitative estimate of drug-likeness (QED) is 0.189. The lowest BCUT2D eigenvalue weighted by Gasteiger charge is -2.33. The summed E-state index contributed by atoms with van der Waals surface area (Å²) in [6.45, 7) is 9.62. The molecule has 1 unspecified atom stereocenters. The van der Waals surface area contributed by atoms with E-state index in [1.807, 2.05) is 50.2 Å². The fraction of sp³-hybridized carbons (Fsp3) is 0.472. The van der Waals surface area contributed by atoms with Crippen molar-refractivity contribution in [1.29, 1.82) is 0 Å². The van der Waals surface area contributed by atoms with Crippen LogP contribution in [0.15, 0.2) is 72.8 Å². The van der Waals surface area contributed by atoms with Gasteiger partial charge in [0, 0.05) is 58.8 Å². The van der Waals surface area contributed by atoms with E-state index in [1.54, 1.807) is 18.9 Å². The van der Waals surface area contributed by atoms with Gasteiger partial charge in [0.1, 0.15) is 5.75 Å².